The van der Waals surface area contributed by atoms with E-state index >= 15 is 0 Å². The van der Waals surface area contributed by atoms with E-state index in [1.807, 2.05) is 270 Å². The molecule has 3 aromatic heterocycles. The molecule has 13 aromatic rings. The summed E-state index contributed by atoms with van der Waals surface area (Å²) in [6.45, 7) is 10.1. The van der Waals surface area contributed by atoms with E-state index in [9.17, 15) is 14.4 Å². The van der Waals surface area contributed by atoms with Crippen LogP contribution in [-0.2, 0) is 79.3 Å². The second-order valence-corrected chi connectivity index (χ2v) is 33.2. The van der Waals surface area contributed by atoms with Gasteiger partial charge in [-0.05, 0) is 213 Å². The quantitative estimate of drug-likeness (QED) is 0.0341. The molecule has 0 spiro atoms. The number of nitrogens with one attached hydrogen (secondary N) is 3. The summed E-state index contributed by atoms with van der Waals surface area (Å²) in [7, 11) is 0. The van der Waals surface area contributed by atoms with Gasteiger partial charge in [-0.15, -0.1) is 0 Å². The molecule has 18 heteroatoms. The van der Waals surface area contributed by atoms with Gasteiger partial charge in [0.2, 0.25) is 17.7 Å². The summed E-state index contributed by atoms with van der Waals surface area (Å²) in [5.41, 5.74) is 15.1. The van der Waals surface area contributed by atoms with Crippen molar-refractivity contribution in [2.24, 2.45) is 17.8 Å². The Hall–Kier alpha value is -13.4. The molecule has 0 saturated heterocycles. The molecule has 3 N–H and O–H groups in total. The first-order valence-corrected chi connectivity index (χ1v) is 44.3. The zero-order valence-corrected chi connectivity index (χ0v) is 72.1. The minimum absolute atomic E-state index is 0.0996. The minimum Gasteiger partial charge on any atom is -0.491 e. The molecule has 0 atom stereocenters. The molecule has 3 amide bonds. The summed E-state index contributed by atoms with van der Waals surface area (Å²) in [6, 6.07) is 87.2. The first-order chi connectivity index (χ1) is 61.2. The maximum atomic E-state index is 13.2. The van der Waals surface area contributed by atoms with Gasteiger partial charge in [0, 0.05) is 16.7 Å². The van der Waals surface area contributed by atoms with Crippen LogP contribution in [0.25, 0.3) is 33.8 Å². The van der Waals surface area contributed by atoms with Crippen molar-refractivity contribution in [3.63, 3.8) is 0 Å². The van der Waals surface area contributed by atoms with Crippen LogP contribution in [0.4, 0.5) is 17.5 Å². The highest BCUT2D eigenvalue weighted by molar-refractivity contribution is 5.93. The minimum atomic E-state index is -0.113. The van der Waals surface area contributed by atoms with Gasteiger partial charge in [-0.3, -0.25) is 14.4 Å². The molecule has 0 aliphatic heterocycles. The molecule has 18 nitrogen and oxygen atoms in total. The van der Waals surface area contributed by atoms with E-state index in [-0.39, 0.29) is 49.2 Å². The Bertz CT molecular complexity index is 5500. The zero-order chi connectivity index (χ0) is 86.2. The lowest BCUT2D eigenvalue weighted by atomic mass is 9.86. The molecule has 3 aliphatic carbocycles. The smallest absolute Gasteiger partial charge is 0.229 e. The Labute approximate surface area is 735 Å². The van der Waals surface area contributed by atoms with Crippen molar-refractivity contribution in [1.29, 1.82) is 0 Å². The Morgan fingerprint density at radius 1 is 0.288 bits per heavy atom. The van der Waals surface area contributed by atoms with Crippen LogP contribution < -0.4 is 44.4 Å². The third-order valence-electron chi connectivity index (χ3n) is 22.5. The van der Waals surface area contributed by atoms with E-state index < -0.39 is 0 Å². The van der Waals surface area contributed by atoms with Gasteiger partial charge in [0.25, 0.3) is 0 Å². The van der Waals surface area contributed by atoms with E-state index in [4.69, 9.17) is 53.3 Å². The normalized spacial score (nSPS) is 13.3. The van der Waals surface area contributed by atoms with Crippen molar-refractivity contribution in [2.75, 3.05) is 16.0 Å². The molecule has 640 valence electrons. The lowest BCUT2D eigenvalue weighted by Crippen LogP contribution is -2.19. The maximum absolute atomic E-state index is 13.2. The van der Waals surface area contributed by atoms with E-state index in [0.717, 1.165) is 144 Å². The number of rotatable bonds is 34. The van der Waals surface area contributed by atoms with E-state index in [2.05, 4.69) is 45.2 Å². The Morgan fingerprint density at radius 2 is 0.520 bits per heavy atom. The third-order valence-corrected chi connectivity index (χ3v) is 22.5. The van der Waals surface area contributed by atoms with E-state index in [1.165, 1.54) is 83.5 Å². The predicted molar refractivity (Wildman–Crippen MR) is 495 cm³/mol. The average molecular weight is 1670 g/mol. The number of anilines is 3. The number of carbonyl (C=O) groups excluding carboxylic acids is 3. The van der Waals surface area contributed by atoms with Gasteiger partial charge in [-0.2, -0.15) is 0 Å². The predicted octanol–water partition coefficient (Wildman–Crippen LogP) is 23.5. The summed E-state index contributed by atoms with van der Waals surface area (Å²) in [5.74, 6) is 7.84. The van der Waals surface area contributed by atoms with Crippen molar-refractivity contribution < 1.29 is 42.8 Å². The summed E-state index contributed by atoms with van der Waals surface area (Å²) < 4.78 is 35.2. The summed E-state index contributed by atoms with van der Waals surface area (Å²) >= 11 is 0. The number of hydrogen-bond acceptors (Lipinski definition) is 15. The molecule has 3 fully saturated rings. The number of carbonyl (C=O) groups is 3. The summed E-state index contributed by atoms with van der Waals surface area (Å²) in [4.78, 5) is 68.2. The highest BCUT2D eigenvalue weighted by Gasteiger charge is 2.25. The van der Waals surface area contributed by atoms with Gasteiger partial charge in [-0.25, -0.2) is 29.9 Å². The van der Waals surface area contributed by atoms with E-state index in [0.29, 0.717) is 61.6 Å². The maximum Gasteiger partial charge on any atom is 0.229 e. The average Bonchev–Trinajstić information content (AvgIpc) is 1.58. The molecule has 3 heterocycles. The summed E-state index contributed by atoms with van der Waals surface area (Å²) in [6.07, 6.45) is 24.6. The number of amides is 3. The lowest BCUT2D eigenvalue weighted by molar-refractivity contribution is -0.116. The topological polar surface area (TPSA) is 220 Å². The lowest BCUT2D eigenvalue weighted by Gasteiger charge is -2.22. The van der Waals surface area contributed by atoms with Crippen LogP contribution >= 0.6 is 0 Å². The van der Waals surface area contributed by atoms with Gasteiger partial charge in [-0.1, -0.05) is 241 Å². The molecule has 0 radical (unpaired) electrons. The highest BCUT2D eigenvalue weighted by atomic mass is 16.5. The molecule has 16 rings (SSSR count). The standard InChI is InChI=1S/C39H39N3O3.C38H37N3O3.C30H37N3O3/c43-38(25-30-16-20-34(21-17-30)44-27-31-12-6-2-7-13-31)42-39-36(24-29-10-4-1-5-11-29)41-37(26-40-39)33-18-22-35(23-19-33)45-28-32-14-8-3-9-15-32;42-37(24-29-15-19-33(20-16-29)43-26-30-11-3-1-4-12-30)41-38-35(23-28-9-7-8-10-28)40-36(25-39-38)32-17-21-34(22-18-32)44-27-31-13-5-2-6-14-31;1-20(2)35-25-13-9-23(10-14-25)18-29(34)33-30-27(17-22-7-5-6-8-22)32-28(19-31-30)24-11-15-26(16-12-24)36-21(3)4/h2-3,6-9,12-23,26,29H,1,4-5,10-11,24-25,27-28H2,(H,40,42,43);1-6,11-22,25,28H,7-10,23-24,26-27H2,(H,39,41,42);9-16,19-22H,5-8,17-18H2,1-4H3,(H,31,33,34). The molecular formula is C107H113N9O9. The van der Waals surface area contributed by atoms with Gasteiger partial charge >= 0.3 is 0 Å². The first kappa shape index (κ1) is 88.0. The van der Waals surface area contributed by atoms with Gasteiger partial charge in [0.1, 0.15) is 60.9 Å². The number of nitrogens with zero attached hydrogens (tertiary/aromatic N) is 6. The van der Waals surface area contributed by atoms with Crippen LogP contribution in [0, 0.1) is 17.8 Å². The van der Waals surface area contributed by atoms with Gasteiger partial charge in [0.05, 0.1) is 84.2 Å². The van der Waals surface area contributed by atoms with Crippen molar-refractivity contribution in [2.45, 2.75) is 188 Å². The Kier molecular flexibility index (Phi) is 32.2. The van der Waals surface area contributed by atoms with Crippen molar-refractivity contribution in [3.8, 4) is 68.3 Å². The second-order valence-electron chi connectivity index (χ2n) is 33.2. The Balaban J connectivity index is 0.000000153. The zero-order valence-electron chi connectivity index (χ0n) is 72.1. The SMILES string of the molecule is CC(C)Oc1ccc(CC(=O)Nc2ncc(-c3ccc(OC(C)C)cc3)nc2CC2CCCC2)cc1.O=C(Cc1ccc(OCc2ccccc2)cc1)Nc1ncc(-c2ccc(OCc3ccccc3)cc2)nc1CC1CCCC1.O=C(Cc1ccc(OCc2ccccc2)cc1)Nc1ncc(-c2ccc(OCc3ccccc3)cc2)nc1CC1CCCCC1. The number of benzene rings is 10. The second kappa shape index (κ2) is 45.7. The largest absolute Gasteiger partial charge is 0.491 e. The van der Waals surface area contributed by atoms with Gasteiger partial charge < -0.3 is 44.4 Å². The van der Waals surface area contributed by atoms with Gasteiger partial charge in [0.15, 0.2) is 17.5 Å². The first-order valence-electron chi connectivity index (χ1n) is 44.3. The van der Waals surface area contributed by atoms with Crippen molar-refractivity contribution >= 4 is 35.2 Å². The fourth-order valence-electron chi connectivity index (χ4n) is 15.9. The summed E-state index contributed by atoms with van der Waals surface area (Å²) in [5, 5.41) is 9.14. The fraction of sp³-hybridized carbons (Fsp3) is 0.299. The van der Waals surface area contributed by atoms with Crippen molar-refractivity contribution in [1.82, 2.24) is 29.9 Å². The van der Waals surface area contributed by atoms with Crippen LogP contribution in [0.15, 0.2) is 286 Å². The molecule has 3 saturated carbocycles. The number of hydrogen-bond donors (Lipinski definition) is 3. The molecule has 125 heavy (non-hydrogen) atoms. The third kappa shape index (κ3) is 28.1. The molecule has 10 aromatic carbocycles. The number of ether oxygens (including phenoxy) is 6. The number of aromatic nitrogens is 6. The van der Waals surface area contributed by atoms with Crippen LogP contribution in [0.2, 0.25) is 0 Å². The fourth-order valence-corrected chi connectivity index (χ4v) is 15.9. The van der Waals surface area contributed by atoms with E-state index in [1.54, 1.807) is 18.6 Å². The molecule has 3 aliphatic rings. The van der Waals surface area contributed by atoms with Crippen LogP contribution in [0.1, 0.15) is 167 Å². The van der Waals surface area contributed by atoms with Crippen LogP contribution in [-0.4, -0.2) is 59.8 Å². The Morgan fingerprint density at radius 3 is 0.776 bits per heavy atom. The highest BCUT2D eigenvalue weighted by Crippen LogP contribution is 2.36. The molecule has 0 unspecified atom stereocenters. The van der Waals surface area contributed by atoms with Crippen LogP contribution in [0.3, 0.4) is 0 Å². The molecular weight excluding hydrogens is 1560 g/mol. The van der Waals surface area contributed by atoms with Crippen LogP contribution in [0.5, 0.6) is 34.5 Å². The van der Waals surface area contributed by atoms with Crippen molar-refractivity contribution in [3.05, 3.63) is 342 Å². The molecule has 0 bridgehead atoms. The monoisotopic (exact) mass is 1670 g/mol.